The number of thiol groups is 1. The van der Waals surface area contributed by atoms with Crippen LogP contribution < -0.4 is 0 Å². The first kappa shape index (κ1) is 12.0. The minimum atomic E-state index is -4.39. The number of hydrogen-bond acceptors (Lipinski definition) is 2. The molecule has 0 aromatic heterocycles. The molecule has 0 bridgehead atoms. The zero-order valence-corrected chi connectivity index (χ0v) is 8.52. The van der Waals surface area contributed by atoms with Crippen molar-refractivity contribution in [2.24, 2.45) is 0 Å². The highest BCUT2D eigenvalue weighted by atomic mass is 32.1. The molecule has 0 heterocycles. The molecular formula is C10H9F3OS. The number of halogens is 3. The van der Waals surface area contributed by atoms with Crippen LogP contribution in [0.15, 0.2) is 24.3 Å². The molecule has 1 aromatic rings. The molecular weight excluding hydrogens is 225 g/mol. The van der Waals surface area contributed by atoms with Crippen molar-refractivity contribution in [2.45, 2.75) is 6.18 Å². The van der Waals surface area contributed by atoms with Crippen molar-refractivity contribution in [3.63, 3.8) is 0 Å². The van der Waals surface area contributed by atoms with Gasteiger partial charge in [-0.05, 0) is 18.2 Å². The summed E-state index contributed by atoms with van der Waals surface area (Å²) in [5.41, 5.74) is -0.641. The molecule has 0 spiro atoms. The van der Waals surface area contributed by atoms with Crippen LogP contribution in [0.25, 0.3) is 6.08 Å². The Morgan fingerprint density at radius 2 is 2.00 bits per heavy atom. The molecule has 0 radical (unpaired) electrons. The van der Waals surface area contributed by atoms with E-state index in [0.29, 0.717) is 5.75 Å². The van der Waals surface area contributed by atoms with Gasteiger partial charge in [-0.1, -0.05) is 12.2 Å². The molecule has 0 saturated heterocycles. The first-order valence-electron chi connectivity index (χ1n) is 4.13. The first-order chi connectivity index (χ1) is 6.95. The summed E-state index contributed by atoms with van der Waals surface area (Å²) in [7, 11) is 0. The lowest BCUT2D eigenvalue weighted by atomic mass is 10.1. The number of hydrogen-bond donors (Lipinski definition) is 2. The second-order valence-electron chi connectivity index (χ2n) is 2.86. The third-order valence-corrected chi connectivity index (χ3v) is 1.97. The molecule has 15 heavy (non-hydrogen) atoms. The van der Waals surface area contributed by atoms with E-state index in [1.807, 2.05) is 0 Å². The van der Waals surface area contributed by atoms with Gasteiger partial charge >= 0.3 is 6.18 Å². The van der Waals surface area contributed by atoms with Crippen LogP contribution in [0, 0.1) is 0 Å². The molecule has 82 valence electrons. The van der Waals surface area contributed by atoms with E-state index in [4.69, 9.17) is 0 Å². The standard InChI is InChI=1S/C10H9F3OS/c11-10(12,13)8-3-4-9(14)7(6-8)2-1-5-15/h1-4,6,14-15H,5H2. The number of aromatic hydroxyl groups is 1. The van der Waals surface area contributed by atoms with Gasteiger partial charge in [-0.3, -0.25) is 0 Å². The summed E-state index contributed by atoms with van der Waals surface area (Å²) in [6, 6.07) is 2.77. The van der Waals surface area contributed by atoms with Gasteiger partial charge in [-0.25, -0.2) is 0 Å². The van der Waals surface area contributed by atoms with Crippen molar-refractivity contribution < 1.29 is 18.3 Å². The summed E-state index contributed by atoms with van der Waals surface area (Å²) in [4.78, 5) is 0. The second-order valence-corrected chi connectivity index (χ2v) is 3.22. The van der Waals surface area contributed by atoms with Crippen molar-refractivity contribution in [2.75, 3.05) is 5.75 Å². The molecule has 1 nitrogen and oxygen atoms in total. The molecule has 0 aliphatic carbocycles. The van der Waals surface area contributed by atoms with Gasteiger partial charge in [0.15, 0.2) is 0 Å². The molecule has 1 N–H and O–H groups in total. The second kappa shape index (κ2) is 4.61. The van der Waals surface area contributed by atoms with Crippen LogP contribution in [0.1, 0.15) is 11.1 Å². The quantitative estimate of drug-likeness (QED) is 0.752. The maximum atomic E-state index is 12.3. The van der Waals surface area contributed by atoms with Gasteiger partial charge in [0.1, 0.15) is 5.75 Å². The van der Waals surface area contributed by atoms with E-state index >= 15 is 0 Å². The summed E-state index contributed by atoms with van der Waals surface area (Å²) >= 11 is 3.88. The van der Waals surface area contributed by atoms with Crippen LogP contribution in [0.3, 0.4) is 0 Å². The molecule has 0 unspecified atom stereocenters. The van der Waals surface area contributed by atoms with Gasteiger partial charge in [0.25, 0.3) is 0 Å². The van der Waals surface area contributed by atoms with Crippen LogP contribution in [-0.4, -0.2) is 10.9 Å². The van der Waals surface area contributed by atoms with Crippen molar-refractivity contribution >= 4 is 18.7 Å². The molecule has 0 amide bonds. The van der Waals surface area contributed by atoms with Crippen LogP contribution >= 0.6 is 12.6 Å². The van der Waals surface area contributed by atoms with Crippen molar-refractivity contribution in [1.82, 2.24) is 0 Å². The lowest BCUT2D eigenvalue weighted by molar-refractivity contribution is -0.137. The average molecular weight is 234 g/mol. The fraction of sp³-hybridized carbons (Fsp3) is 0.200. The minimum absolute atomic E-state index is 0.138. The zero-order chi connectivity index (χ0) is 11.5. The molecule has 0 saturated carbocycles. The van der Waals surface area contributed by atoms with Crippen LogP contribution in [0.4, 0.5) is 13.2 Å². The molecule has 1 aromatic carbocycles. The number of phenols is 1. The molecule has 0 aliphatic heterocycles. The third-order valence-electron chi connectivity index (χ3n) is 1.76. The largest absolute Gasteiger partial charge is 0.507 e. The summed E-state index contributed by atoms with van der Waals surface area (Å²) < 4.78 is 36.9. The number of alkyl halides is 3. The Morgan fingerprint density at radius 3 is 2.53 bits per heavy atom. The molecule has 1 rings (SSSR count). The number of benzene rings is 1. The van der Waals surface area contributed by atoms with Gasteiger partial charge in [-0.2, -0.15) is 25.8 Å². The summed E-state index contributed by atoms with van der Waals surface area (Å²) in [6.45, 7) is 0. The van der Waals surface area contributed by atoms with Gasteiger partial charge in [0.05, 0.1) is 5.56 Å². The SMILES string of the molecule is Oc1ccc(C(F)(F)F)cc1C=CCS. The fourth-order valence-electron chi connectivity index (χ4n) is 1.04. The molecule has 0 atom stereocenters. The molecule has 0 fully saturated rings. The van der Waals surface area contributed by atoms with Crippen LogP contribution in [-0.2, 0) is 6.18 Å². The first-order valence-corrected chi connectivity index (χ1v) is 4.76. The van der Waals surface area contributed by atoms with E-state index in [1.165, 1.54) is 6.08 Å². The Kier molecular flexibility index (Phi) is 3.68. The topological polar surface area (TPSA) is 20.2 Å². The normalized spacial score (nSPS) is 12.3. The van der Waals surface area contributed by atoms with Crippen molar-refractivity contribution in [1.29, 1.82) is 0 Å². The fourth-order valence-corrected chi connectivity index (χ4v) is 1.15. The van der Waals surface area contributed by atoms with E-state index in [0.717, 1.165) is 18.2 Å². The lowest BCUT2D eigenvalue weighted by Gasteiger charge is -2.08. The third kappa shape index (κ3) is 3.20. The maximum Gasteiger partial charge on any atom is 0.416 e. The van der Waals surface area contributed by atoms with Gasteiger partial charge in [0, 0.05) is 11.3 Å². The van der Waals surface area contributed by atoms with Gasteiger partial charge in [0.2, 0.25) is 0 Å². The monoisotopic (exact) mass is 234 g/mol. The van der Waals surface area contributed by atoms with E-state index in [9.17, 15) is 18.3 Å². The minimum Gasteiger partial charge on any atom is -0.507 e. The predicted molar refractivity (Wildman–Crippen MR) is 56.0 cm³/mol. The van der Waals surface area contributed by atoms with E-state index in [-0.39, 0.29) is 11.3 Å². The Balaban J connectivity index is 3.11. The number of phenolic OH excluding ortho intramolecular Hbond substituents is 1. The van der Waals surface area contributed by atoms with Crippen molar-refractivity contribution in [3.05, 3.63) is 35.4 Å². The zero-order valence-electron chi connectivity index (χ0n) is 7.62. The van der Waals surface area contributed by atoms with Gasteiger partial charge in [-0.15, -0.1) is 0 Å². The highest BCUT2D eigenvalue weighted by Crippen LogP contribution is 2.32. The highest BCUT2D eigenvalue weighted by molar-refractivity contribution is 7.80. The molecule has 0 aliphatic rings. The Labute approximate surface area is 90.6 Å². The summed E-state index contributed by atoms with van der Waals surface area (Å²) in [5, 5.41) is 9.28. The van der Waals surface area contributed by atoms with E-state index < -0.39 is 11.7 Å². The Bertz CT molecular complexity index is 371. The average Bonchev–Trinajstić information content (AvgIpc) is 2.15. The summed E-state index contributed by atoms with van der Waals surface area (Å²) in [6.07, 6.45) is -1.44. The predicted octanol–water partition coefficient (Wildman–Crippen LogP) is 3.35. The maximum absolute atomic E-state index is 12.3. The smallest absolute Gasteiger partial charge is 0.416 e. The molecule has 5 heteroatoms. The van der Waals surface area contributed by atoms with Crippen molar-refractivity contribution in [3.8, 4) is 5.75 Å². The van der Waals surface area contributed by atoms with Crippen LogP contribution in [0.2, 0.25) is 0 Å². The van der Waals surface area contributed by atoms with Gasteiger partial charge < -0.3 is 5.11 Å². The van der Waals surface area contributed by atoms with Crippen LogP contribution in [0.5, 0.6) is 5.75 Å². The Morgan fingerprint density at radius 1 is 1.33 bits per heavy atom. The van der Waals surface area contributed by atoms with E-state index in [1.54, 1.807) is 6.08 Å². The number of rotatable bonds is 2. The highest BCUT2D eigenvalue weighted by Gasteiger charge is 2.30. The lowest BCUT2D eigenvalue weighted by Crippen LogP contribution is -2.04. The Hall–Kier alpha value is -1.10. The summed E-state index contributed by atoms with van der Waals surface area (Å²) in [5.74, 6) is 0.219. The van der Waals surface area contributed by atoms with E-state index in [2.05, 4.69) is 12.6 Å².